The van der Waals surface area contributed by atoms with E-state index in [1.54, 1.807) is 6.07 Å². The maximum Gasteiger partial charge on any atom is 0.341 e. The van der Waals surface area contributed by atoms with Crippen molar-refractivity contribution in [3.8, 4) is 5.75 Å². The predicted octanol–water partition coefficient (Wildman–Crippen LogP) is 2.69. The van der Waals surface area contributed by atoms with Crippen molar-refractivity contribution in [2.24, 2.45) is 5.92 Å². The van der Waals surface area contributed by atoms with Crippen LogP contribution in [-0.2, 0) is 11.2 Å². The molecule has 0 saturated carbocycles. The average molecular weight is 222 g/mol. The van der Waals surface area contributed by atoms with E-state index in [0.717, 1.165) is 17.5 Å². The van der Waals surface area contributed by atoms with Crippen molar-refractivity contribution < 1.29 is 14.6 Å². The summed E-state index contributed by atoms with van der Waals surface area (Å²) in [6, 6.07) is 3.43. The highest BCUT2D eigenvalue weighted by atomic mass is 16.5. The molecule has 1 aromatic carbocycles. The van der Waals surface area contributed by atoms with E-state index in [0.29, 0.717) is 5.92 Å². The Hall–Kier alpha value is -1.51. The van der Waals surface area contributed by atoms with Crippen LogP contribution >= 0.6 is 0 Å². The fourth-order valence-electron chi connectivity index (χ4n) is 1.68. The normalized spacial score (nSPS) is 10.6. The summed E-state index contributed by atoms with van der Waals surface area (Å²) in [4.78, 5) is 11.4. The molecule has 0 saturated heterocycles. The summed E-state index contributed by atoms with van der Waals surface area (Å²) >= 11 is 0. The largest absolute Gasteiger partial charge is 0.507 e. The number of aryl methyl sites for hydroxylation is 1. The second kappa shape index (κ2) is 5.01. The van der Waals surface area contributed by atoms with Gasteiger partial charge in [-0.15, -0.1) is 0 Å². The molecular formula is C13H18O3. The monoisotopic (exact) mass is 222 g/mol. The van der Waals surface area contributed by atoms with Gasteiger partial charge < -0.3 is 9.84 Å². The molecule has 0 bridgehead atoms. The molecule has 1 aromatic rings. The number of carbonyl (C=O) groups excluding carboxylic acids is 1. The molecule has 0 amide bonds. The van der Waals surface area contributed by atoms with E-state index >= 15 is 0 Å². The van der Waals surface area contributed by atoms with E-state index in [1.165, 1.54) is 7.11 Å². The second-order valence-corrected chi connectivity index (χ2v) is 4.35. The third-order valence-corrected chi connectivity index (χ3v) is 2.53. The molecule has 0 fully saturated rings. The van der Waals surface area contributed by atoms with Crippen LogP contribution in [0.2, 0.25) is 0 Å². The fourth-order valence-corrected chi connectivity index (χ4v) is 1.68. The second-order valence-electron chi connectivity index (χ2n) is 4.35. The molecule has 1 rings (SSSR count). The van der Waals surface area contributed by atoms with Crippen molar-refractivity contribution in [1.82, 2.24) is 0 Å². The average Bonchev–Trinajstić information content (AvgIpc) is 2.23. The number of ether oxygens (including phenoxy) is 1. The third kappa shape index (κ3) is 2.54. The molecular weight excluding hydrogens is 204 g/mol. The minimum absolute atomic E-state index is 0.0561. The highest BCUT2D eigenvalue weighted by Gasteiger charge is 2.17. The van der Waals surface area contributed by atoms with Gasteiger partial charge in [-0.3, -0.25) is 0 Å². The summed E-state index contributed by atoms with van der Waals surface area (Å²) in [6.07, 6.45) is 0.752. The van der Waals surface area contributed by atoms with Crippen LogP contribution < -0.4 is 0 Å². The summed E-state index contributed by atoms with van der Waals surface area (Å²) in [5.74, 6) is -0.0134. The van der Waals surface area contributed by atoms with Crippen molar-refractivity contribution >= 4 is 5.97 Å². The van der Waals surface area contributed by atoms with Gasteiger partial charge in [-0.25, -0.2) is 4.79 Å². The zero-order valence-corrected chi connectivity index (χ0v) is 10.2. The Labute approximate surface area is 96.1 Å². The van der Waals surface area contributed by atoms with Crippen molar-refractivity contribution in [1.29, 1.82) is 0 Å². The summed E-state index contributed by atoms with van der Waals surface area (Å²) in [7, 11) is 1.31. The number of phenolic OH excluding ortho intramolecular Hbond substituents is 1. The molecule has 0 aliphatic rings. The lowest BCUT2D eigenvalue weighted by molar-refractivity contribution is 0.0597. The Kier molecular flexibility index (Phi) is 3.93. The predicted molar refractivity (Wildman–Crippen MR) is 62.7 cm³/mol. The lowest BCUT2D eigenvalue weighted by atomic mass is 9.95. The molecule has 0 aliphatic heterocycles. The van der Waals surface area contributed by atoms with Gasteiger partial charge in [-0.05, 0) is 36.5 Å². The van der Waals surface area contributed by atoms with Crippen LogP contribution in [0.25, 0.3) is 0 Å². The molecule has 0 atom stereocenters. The maximum atomic E-state index is 11.4. The van der Waals surface area contributed by atoms with E-state index in [-0.39, 0.29) is 11.3 Å². The quantitative estimate of drug-likeness (QED) is 0.800. The molecule has 3 nitrogen and oxygen atoms in total. The summed E-state index contributed by atoms with van der Waals surface area (Å²) < 4.78 is 4.62. The first kappa shape index (κ1) is 12.6. The van der Waals surface area contributed by atoms with Crippen LogP contribution in [0, 0.1) is 12.8 Å². The molecule has 88 valence electrons. The van der Waals surface area contributed by atoms with E-state index in [9.17, 15) is 9.90 Å². The molecule has 0 unspecified atom stereocenters. The SMILES string of the molecule is COC(=O)c1ccc(C)c(CC(C)C)c1O. The van der Waals surface area contributed by atoms with E-state index in [1.807, 2.05) is 13.0 Å². The van der Waals surface area contributed by atoms with Crippen LogP contribution in [0.1, 0.15) is 35.3 Å². The van der Waals surface area contributed by atoms with Crippen molar-refractivity contribution in [2.75, 3.05) is 7.11 Å². The van der Waals surface area contributed by atoms with Gasteiger partial charge in [0.1, 0.15) is 11.3 Å². The third-order valence-electron chi connectivity index (χ3n) is 2.53. The standard InChI is InChI=1S/C13H18O3/c1-8(2)7-11-9(3)5-6-10(12(11)14)13(15)16-4/h5-6,8,14H,7H2,1-4H3. The molecule has 0 spiro atoms. The number of methoxy groups -OCH3 is 1. The van der Waals surface area contributed by atoms with E-state index < -0.39 is 5.97 Å². The highest BCUT2D eigenvalue weighted by Crippen LogP contribution is 2.28. The minimum Gasteiger partial charge on any atom is -0.507 e. The number of benzene rings is 1. The lowest BCUT2D eigenvalue weighted by Crippen LogP contribution is -2.05. The molecule has 0 aliphatic carbocycles. The Bertz CT molecular complexity index is 394. The number of phenols is 1. The number of aromatic hydroxyl groups is 1. The first-order chi connectivity index (χ1) is 7.47. The van der Waals surface area contributed by atoms with Crippen molar-refractivity contribution in [2.45, 2.75) is 27.2 Å². The Balaban J connectivity index is 3.21. The Morgan fingerprint density at radius 1 is 1.44 bits per heavy atom. The number of esters is 1. The highest BCUT2D eigenvalue weighted by molar-refractivity contribution is 5.93. The molecule has 3 heteroatoms. The topological polar surface area (TPSA) is 46.5 Å². The summed E-state index contributed by atoms with van der Waals surface area (Å²) in [5, 5.41) is 10.0. The van der Waals surface area contributed by atoms with Crippen LogP contribution in [0.4, 0.5) is 0 Å². The van der Waals surface area contributed by atoms with E-state index in [4.69, 9.17) is 0 Å². The maximum absolute atomic E-state index is 11.4. The van der Waals surface area contributed by atoms with Crippen LogP contribution in [0.3, 0.4) is 0 Å². The lowest BCUT2D eigenvalue weighted by Gasteiger charge is -2.13. The van der Waals surface area contributed by atoms with Gasteiger partial charge in [0.25, 0.3) is 0 Å². The van der Waals surface area contributed by atoms with Gasteiger partial charge in [-0.1, -0.05) is 19.9 Å². The zero-order valence-electron chi connectivity index (χ0n) is 10.2. The zero-order chi connectivity index (χ0) is 12.3. The van der Waals surface area contributed by atoms with Gasteiger partial charge in [0.05, 0.1) is 7.11 Å². The van der Waals surface area contributed by atoms with Crippen LogP contribution in [0.5, 0.6) is 5.75 Å². The summed E-state index contributed by atoms with van der Waals surface area (Å²) in [5.41, 5.74) is 2.07. The van der Waals surface area contributed by atoms with Crippen molar-refractivity contribution in [3.05, 3.63) is 28.8 Å². The van der Waals surface area contributed by atoms with Gasteiger partial charge in [0.2, 0.25) is 0 Å². The minimum atomic E-state index is -0.498. The number of rotatable bonds is 3. The molecule has 0 radical (unpaired) electrons. The van der Waals surface area contributed by atoms with Gasteiger partial charge >= 0.3 is 5.97 Å². The summed E-state index contributed by atoms with van der Waals surface area (Å²) in [6.45, 7) is 6.08. The number of carbonyl (C=O) groups is 1. The van der Waals surface area contributed by atoms with Crippen LogP contribution in [0.15, 0.2) is 12.1 Å². The fraction of sp³-hybridized carbons (Fsp3) is 0.462. The first-order valence-electron chi connectivity index (χ1n) is 5.37. The number of hydrogen-bond donors (Lipinski definition) is 1. The number of hydrogen-bond acceptors (Lipinski definition) is 3. The smallest absolute Gasteiger partial charge is 0.341 e. The Morgan fingerprint density at radius 2 is 2.06 bits per heavy atom. The van der Waals surface area contributed by atoms with E-state index in [2.05, 4.69) is 18.6 Å². The molecule has 1 N–H and O–H groups in total. The Morgan fingerprint density at radius 3 is 2.56 bits per heavy atom. The molecule has 16 heavy (non-hydrogen) atoms. The van der Waals surface area contributed by atoms with Gasteiger partial charge in [-0.2, -0.15) is 0 Å². The van der Waals surface area contributed by atoms with Crippen LogP contribution in [-0.4, -0.2) is 18.2 Å². The molecule has 0 aromatic heterocycles. The van der Waals surface area contributed by atoms with Gasteiger partial charge in [0, 0.05) is 0 Å². The van der Waals surface area contributed by atoms with Crippen molar-refractivity contribution in [3.63, 3.8) is 0 Å². The van der Waals surface area contributed by atoms with Gasteiger partial charge in [0.15, 0.2) is 0 Å². The first-order valence-corrected chi connectivity index (χ1v) is 5.37. The molecule has 0 heterocycles.